The summed E-state index contributed by atoms with van der Waals surface area (Å²) in [5.41, 5.74) is 3.63. The Kier molecular flexibility index (Phi) is 1.69. The van der Waals surface area contributed by atoms with Crippen LogP contribution in [-0.4, -0.2) is 29.2 Å². The summed E-state index contributed by atoms with van der Waals surface area (Å²) in [7, 11) is 0. The smallest absolute Gasteiger partial charge is 0.172 e. The summed E-state index contributed by atoms with van der Waals surface area (Å²) >= 11 is 0. The standard InChI is InChI=1S/C10H14N2O2/c1-7-8-6-10(13-4-5-14-10)3-2-9(8)12-11-7/h2-6H2,1H3,(H,11,12). The van der Waals surface area contributed by atoms with E-state index in [1.807, 2.05) is 0 Å². The van der Waals surface area contributed by atoms with Gasteiger partial charge in [-0.1, -0.05) is 0 Å². The third kappa shape index (κ3) is 1.11. The highest BCUT2D eigenvalue weighted by molar-refractivity contribution is 5.28. The fourth-order valence-corrected chi connectivity index (χ4v) is 2.35. The van der Waals surface area contributed by atoms with Crippen LogP contribution in [0.3, 0.4) is 0 Å². The van der Waals surface area contributed by atoms with E-state index in [2.05, 4.69) is 17.1 Å². The maximum absolute atomic E-state index is 5.70. The SMILES string of the molecule is Cc1[nH]nc2c1CC1(CC2)OCCO1. The van der Waals surface area contributed by atoms with Gasteiger partial charge >= 0.3 is 0 Å². The molecule has 1 spiro atoms. The van der Waals surface area contributed by atoms with Crippen LogP contribution in [0.2, 0.25) is 0 Å². The maximum atomic E-state index is 5.70. The molecular weight excluding hydrogens is 180 g/mol. The summed E-state index contributed by atoms with van der Waals surface area (Å²) in [6, 6.07) is 0. The number of aromatic nitrogens is 2. The van der Waals surface area contributed by atoms with Crippen LogP contribution in [0, 0.1) is 6.92 Å². The zero-order valence-corrected chi connectivity index (χ0v) is 8.30. The first-order valence-corrected chi connectivity index (χ1v) is 5.10. The van der Waals surface area contributed by atoms with Crippen LogP contribution in [0.15, 0.2) is 0 Å². The molecule has 1 aliphatic carbocycles. The Balaban J connectivity index is 1.95. The third-order valence-corrected chi connectivity index (χ3v) is 3.16. The minimum absolute atomic E-state index is 0.332. The molecule has 0 radical (unpaired) electrons. The number of hydrogen-bond acceptors (Lipinski definition) is 3. The lowest BCUT2D eigenvalue weighted by atomic mass is 9.91. The molecule has 1 N–H and O–H groups in total. The highest BCUT2D eigenvalue weighted by atomic mass is 16.7. The number of nitrogens with one attached hydrogen (secondary N) is 1. The Hall–Kier alpha value is -0.870. The van der Waals surface area contributed by atoms with Crippen molar-refractivity contribution in [1.82, 2.24) is 10.2 Å². The Morgan fingerprint density at radius 3 is 2.93 bits per heavy atom. The highest BCUT2D eigenvalue weighted by Crippen LogP contribution is 2.35. The molecule has 1 fully saturated rings. The number of ether oxygens (including phenoxy) is 2. The number of rotatable bonds is 0. The van der Waals surface area contributed by atoms with Crippen LogP contribution in [0.1, 0.15) is 23.4 Å². The van der Waals surface area contributed by atoms with E-state index in [0.717, 1.165) is 38.2 Å². The summed E-state index contributed by atoms with van der Waals surface area (Å²) in [5, 5.41) is 7.30. The van der Waals surface area contributed by atoms with E-state index in [1.54, 1.807) is 0 Å². The monoisotopic (exact) mass is 194 g/mol. The van der Waals surface area contributed by atoms with Crippen molar-refractivity contribution < 1.29 is 9.47 Å². The molecule has 2 aliphatic rings. The van der Waals surface area contributed by atoms with Crippen LogP contribution >= 0.6 is 0 Å². The van der Waals surface area contributed by atoms with Gasteiger partial charge in [0.25, 0.3) is 0 Å². The molecule has 0 atom stereocenters. The lowest BCUT2D eigenvalue weighted by Gasteiger charge is -2.30. The normalized spacial score (nSPS) is 24.1. The predicted octanol–water partition coefficient (Wildman–Crippen LogP) is 0.950. The lowest BCUT2D eigenvalue weighted by molar-refractivity contribution is -0.164. The second-order valence-corrected chi connectivity index (χ2v) is 4.06. The average Bonchev–Trinajstić information content (AvgIpc) is 2.77. The zero-order valence-electron chi connectivity index (χ0n) is 8.30. The van der Waals surface area contributed by atoms with Gasteiger partial charge in [0.15, 0.2) is 5.79 Å². The van der Waals surface area contributed by atoms with Gasteiger partial charge in [-0.2, -0.15) is 5.10 Å². The van der Waals surface area contributed by atoms with Gasteiger partial charge in [0, 0.05) is 24.1 Å². The Bertz CT molecular complexity index is 353. The maximum Gasteiger partial charge on any atom is 0.172 e. The van der Waals surface area contributed by atoms with Crippen LogP contribution in [0.25, 0.3) is 0 Å². The largest absolute Gasteiger partial charge is 0.347 e. The second kappa shape index (κ2) is 2.81. The van der Waals surface area contributed by atoms with Crippen molar-refractivity contribution in [3.8, 4) is 0 Å². The molecule has 0 aromatic carbocycles. The molecule has 1 aromatic rings. The van der Waals surface area contributed by atoms with Crippen LogP contribution in [0.4, 0.5) is 0 Å². The predicted molar refractivity (Wildman–Crippen MR) is 50.0 cm³/mol. The van der Waals surface area contributed by atoms with E-state index >= 15 is 0 Å². The molecule has 14 heavy (non-hydrogen) atoms. The van der Waals surface area contributed by atoms with E-state index in [1.165, 1.54) is 11.3 Å². The Morgan fingerprint density at radius 2 is 2.14 bits per heavy atom. The number of H-pyrrole nitrogens is 1. The van der Waals surface area contributed by atoms with Gasteiger partial charge in [-0.25, -0.2) is 0 Å². The minimum atomic E-state index is -0.332. The van der Waals surface area contributed by atoms with Gasteiger partial charge in [-0.3, -0.25) is 5.10 Å². The number of nitrogens with zero attached hydrogens (tertiary/aromatic N) is 1. The molecule has 0 unspecified atom stereocenters. The summed E-state index contributed by atoms with van der Waals surface area (Å²) < 4.78 is 11.4. The summed E-state index contributed by atoms with van der Waals surface area (Å²) in [6.07, 6.45) is 2.74. The average molecular weight is 194 g/mol. The first kappa shape index (κ1) is 8.44. The molecule has 4 heteroatoms. The van der Waals surface area contributed by atoms with Crippen molar-refractivity contribution in [3.63, 3.8) is 0 Å². The summed E-state index contributed by atoms with van der Waals surface area (Å²) in [6.45, 7) is 3.51. The van der Waals surface area contributed by atoms with Crippen LogP contribution in [0.5, 0.6) is 0 Å². The summed E-state index contributed by atoms with van der Waals surface area (Å²) in [4.78, 5) is 0. The van der Waals surface area contributed by atoms with Crippen molar-refractivity contribution in [2.45, 2.75) is 32.0 Å². The van der Waals surface area contributed by atoms with Crippen molar-refractivity contribution in [2.24, 2.45) is 0 Å². The van der Waals surface area contributed by atoms with Gasteiger partial charge in [0.2, 0.25) is 0 Å². The van der Waals surface area contributed by atoms with Crippen LogP contribution < -0.4 is 0 Å². The molecular formula is C10H14N2O2. The van der Waals surface area contributed by atoms with Gasteiger partial charge in [-0.05, 0) is 13.3 Å². The second-order valence-electron chi connectivity index (χ2n) is 4.06. The number of aryl methyl sites for hydroxylation is 2. The Morgan fingerprint density at radius 1 is 1.36 bits per heavy atom. The molecule has 0 amide bonds. The highest BCUT2D eigenvalue weighted by Gasteiger charge is 2.41. The molecule has 2 heterocycles. The number of aromatic amines is 1. The molecule has 0 saturated carbocycles. The summed E-state index contributed by atoms with van der Waals surface area (Å²) in [5.74, 6) is -0.332. The van der Waals surface area contributed by atoms with Gasteiger partial charge in [-0.15, -0.1) is 0 Å². The van der Waals surface area contributed by atoms with E-state index in [4.69, 9.17) is 9.47 Å². The molecule has 4 nitrogen and oxygen atoms in total. The fraction of sp³-hybridized carbons (Fsp3) is 0.700. The third-order valence-electron chi connectivity index (χ3n) is 3.16. The van der Waals surface area contributed by atoms with Crippen molar-refractivity contribution in [1.29, 1.82) is 0 Å². The van der Waals surface area contributed by atoms with Gasteiger partial charge in [0.05, 0.1) is 18.9 Å². The van der Waals surface area contributed by atoms with Crippen molar-refractivity contribution in [2.75, 3.05) is 13.2 Å². The first-order chi connectivity index (χ1) is 6.79. The fourth-order valence-electron chi connectivity index (χ4n) is 2.35. The van der Waals surface area contributed by atoms with E-state index in [-0.39, 0.29) is 5.79 Å². The van der Waals surface area contributed by atoms with Gasteiger partial charge in [0.1, 0.15) is 0 Å². The Labute approximate surface area is 82.6 Å². The zero-order chi connectivity index (χ0) is 9.60. The van der Waals surface area contributed by atoms with E-state index in [9.17, 15) is 0 Å². The molecule has 3 rings (SSSR count). The minimum Gasteiger partial charge on any atom is -0.347 e. The quantitative estimate of drug-likeness (QED) is 0.669. The van der Waals surface area contributed by atoms with Crippen molar-refractivity contribution in [3.05, 3.63) is 17.0 Å². The molecule has 1 saturated heterocycles. The molecule has 1 aliphatic heterocycles. The van der Waals surface area contributed by atoms with Crippen LogP contribution in [-0.2, 0) is 22.3 Å². The number of fused-ring (bicyclic) bond motifs is 1. The van der Waals surface area contributed by atoms with E-state index in [0.29, 0.717) is 0 Å². The first-order valence-electron chi connectivity index (χ1n) is 5.10. The van der Waals surface area contributed by atoms with Gasteiger partial charge < -0.3 is 9.47 Å². The molecule has 76 valence electrons. The lowest BCUT2D eigenvalue weighted by Crippen LogP contribution is -2.36. The number of hydrogen-bond donors (Lipinski definition) is 1. The topological polar surface area (TPSA) is 47.1 Å². The molecule has 1 aromatic heterocycles. The van der Waals surface area contributed by atoms with E-state index < -0.39 is 0 Å². The molecule has 0 bridgehead atoms. The van der Waals surface area contributed by atoms with Crippen molar-refractivity contribution >= 4 is 0 Å².